The van der Waals surface area contributed by atoms with Crippen LogP contribution in [0.4, 0.5) is 0 Å². The van der Waals surface area contributed by atoms with Gasteiger partial charge in [-0.05, 0) is 37.0 Å². The predicted molar refractivity (Wildman–Crippen MR) is 107 cm³/mol. The fourth-order valence-corrected chi connectivity index (χ4v) is 5.29. The lowest BCUT2D eigenvalue weighted by Gasteiger charge is -2.29. The van der Waals surface area contributed by atoms with Gasteiger partial charge in [0.05, 0.1) is 31.1 Å². The summed E-state index contributed by atoms with van der Waals surface area (Å²) in [4.78, 5) is 30.5. The molecule has 5 rings (SSSR count). The molecule has 4 heterocycles. The molecule has 1 spiro atoms. The summed E-state index contributed by atoms with van der Waals surface area (Å²) in [5.41, 5.74) is 2.93. The zero-order valence-electron chi connectivity index (χ0n) is 17.1. The number of nitrogens with zero attached hydrogens (tertiary/aromatic N) is 2. The predicted octanol–water partition coefficient (Wildman–Crippen LogP) is 1.83. The molecule has 154 valence electrons. The Morgan fingerprint density at radius 1 is 1.21 bits per heavy atom. The standard InChI is InChI=1S/C23H28N2O4/c1-15-4-5-17(12-16(15)2)13-25-14-23-7-6-18(29-23)19(20(23)22(25)27)21(26)24-8-3-10-28-11-9-24/h4-7,12,18-20H,3,8-11,13-14H2,1-2H3/t18-,19-,20-,23-/m0/s1. The van der Waals surface area contributed by atoms with Gasteiger partial charge in [-0.3, -0.25) is 9.59 Å². The molecule has 3 fully saturated rings. The van der Waals surface area contributed by atoms with E-state index in [1.165, 1.54) is 11.1 Å². The maximum atomic E-state index is 13.4. The van der Waals surface area contributed by atoms with Crippen molar-refractivity contribution >= 4 is 11.8 Å². The van der Waals surface area contributed by atoms with E-state index < -0.39 is 17.4 Å². The molecule has 4 atom stereocenters. The van der Waals surface area contributed by atoms with Crippen molar-refractivity contribution in [2.45, 2.75) is 38.5 Å². The maximum Gasteiger partial charge on any atom is 0.230 e. The molecule has 1 aromatic rings. The molecule has 29 heavy (non-hydrogen) atoms. The van der Waals surface area contributed by atoms with Crippen molar-refractivity contribution < 1.29 is 19.1 Å². The summed E-state index contributed by atoms with van der Waals surface area (Å²) in [6, 6.07) is 6.32. The van der Waals surface area contributed by atoms with E-state index in [1.54, 1.807) is 0 Å². The Balaban J connectivity index is 1.38. The van der Waals surface area contributed by atoms with Gasteiger partial charge in [0.15, 0.2) is 0 Å². The van der Waals surface area contributed by atoms with Crippen molar-refractivity contribution in [3.8, 4) is 0 Å². The van der Waals surface area contributed by atoms with Gasteiger partial charge < -0.3 is 19.3 Å². The molecular weight excluding hydrogens is 368 g/mol. The first kappa shape index (κ1) is 18.8. The van der Waals surface area contributed by atoms with Gasteiger partial charge in [-0.2, -0.15) is 0 Å². The average molecular weight is 396 g/mol. The molecule has 0 unspecified atom stereocenters. The number of benzene rings is 1. The van der Waals surface area contributed by atoms with Crippen LogP contribution in [0, 0.1) is 25.7 Å². The largest absolute Gasteiger partial charge is 0.380 e. The van der Waals surface area contributed by atoms with Gasteiger partial charge in [-0.1, -0.05) is 30.4 Å². The van der Waals surface area contributed by atoms with Crippen LogP contribution in [-0.2, 0) is 25.6 Å². The molecule has 4 aliphatic rings. The molecule has 0 radical (unpaired) electrons. The summed E-state index contributed by atoms with van der Waals surface area (Å²) in [7, 11) is 0. The number of carbonyl (C=O) groups excluding carboxylic acids is 2. The Morgan fingerprint density at radius 3 is 2.90 bits per heavy atom. The number of amides is 2. The van der Waals surface area contributed by atoms with Crippen LogP contribution in [-0.4, -0.2) is 66.2 Å². The smallest absolute Gasteiger partial charge is 0.230 e. The summed E-state index contributed by atoms with van der Waals surface area (Å²) in [6.07, 6.45) is 4.56. The number of likely N-dealkylation sites (tertiary alicyclic amines) is 1. The van der Waals surface area contributed by atoms with Crippen LogP contribution in [0.3, 0.4) is 0 Å². The lowest BCUT2D eigenvalue weighted by molar-refractivity contribution is -0.143. The van der Waals surface area contributed by atoms with Crippen LogP contribution < -0.4 is 0 Å². The summed E-state index contributed by atoms with van der Waals surface area (Å²) >= 11 is 0. The molecule has 6 heteroatoms. The molecule has 0 aromatic heterocycles. The third-order valence-corrected chi connectivity index (χ3v) is 6.94. The Morgan fingerprint density at radius 2 is 2.07 bits per heavy atom. The molecule has 3 saturated heterocycles. The fraction of sp³-hybridized carbons (Fsp3) is 0.565. The normalized spacial score (nSPS) is 33.3. The number of hydrogen-bond acceptors (Lipinski definition) is 4. The van der Waals surface area contributed by atoms with Crippen LogP contribution >= 0.6 is 0 Å². The van der Waals surface area contributed by atoms with Crippen molar-refractivity contribution in [1.29, 1.82) is 0 Å². The van der Waals surface area contributed by atoms with E-state index in [1.807, 2.05) is 22.0 Å². The molecular formula is C23H28N2O4. The van der Waals surface area contributed by atoms with Crippen LogP contribution in [0.25, 0.3) is 0 Å². The van der Waals surface area contributed by atoms with E-state index in [0.29, 0.717) is 39.4 Å². The van der Waals surface area contributed by atoms with Gasteiger partial charge in [-0.15, -0.1) is 0 Å². The zero-order chi connectivity index (χ0) is 20.2. The minimum absolute atomic E-state index is 0.0399. The van der Waals surface area contributed by atoms with Crippen molar-refractivity contribution in [3.63, 3.8) is 0 Å². The van der Waals surface area contributed by atoms with Crippen molar-refractivity contribution in [1.82, 2.24) is 9.80 Å². The molecule has 0 saturated carbocycles. The number of aryl methyl sites for hydroxylation is 2. The fourth-order valence-electron chi connectivity index (χ4n) is 5.29. The Hall–Kier alpha value is -2.18. The average Bonchev–Trinajstić information content (AvgIpc) is 3.23. The number of ether oxygens (including phenoxy) is 2. The molecule has 4 aliphatic heterocycles. The van der Waals surface area contributed by atoms with Crippen molar-refractivity contribution in [2.75, 3.05) is 32.8 Å². The Kier molecular flexibility index (Phi) is 4.51. The maximum absolute atomic E-state index is 13.4. The summed E-state index contributed by atoms with van der Waals surface area (Å²) < 4.78 is 11.8. The lowest BCUT2D eigenvalue weighted by atomic mass is 9.76. The van der Waals surface area contributed by atoms with E-state index >= 15 is 0 Å². The number of hydrogen-bond donors (Lipinski definition) is 0. The van der Waals surface area contributed by atoms with E-state index in [9.17, 15) is 9.59 Å². The van der Waals surface area contributed by atoms with Gasteiger partial charge in [0, 0.05) is 26.2 Å². The molecule has 1 aromatic carbocycles. The molecule has 2 bridgehead atoms. The van der Waals surface area contributed by atoms with E-state index in [-0.39, 0.29) is 17.9 Å². The highest BCUT2D eigenvalue weighted by Crippen LogP contribution is 2.52. The van der Waals surface area contributed by atoms with Crippen molar-refractivity contribution in [3.05, 3.63) is 47.0 Å². The third-order valence-electron chi connectivity index (χ3n) is 6.94. The van der Waals surface area contributed by atoms with Crippen LogP contribution in [0.1, 0.15) is 23.1 Å². The minimum Gasteiger partial charge on any atom is -0.380 e. The van der Waals surface area contributed by atoms with Gasteiger partial charge in [0.1, 0.15) is 5.60 Å². The molecule has 6 nitrogen and oxygen atoms in total. The molecule has 0 aliphatic carbocycles. The summed E-state index contributed by atoms with van der Waals surface area (Å²) in [5, 5.41) is 0. The van der Waals surface area contributed by atoms with Gasteiger partial charge >= 0.3 is 0 Å². The molecule has 0 N–H and O–H groups in total. The summed E-state index contributed by atoms with van der Waals surface area (Å²) in [6.45, 7) is 7.77. The first-order valence-corrected chi connectivity index (χ1v) is 10.6. The SMILES string of the molecule is Cc1ccc(CN2C[C@]34C=C[C@H](O3)[C@H](C(=O)N3CCCOCC3)[C@H]4C2=O)cc1C. The monoisotopic (exact) mass is 396 g/mol. The second-order valence-electron chi connectivity index (χ2n) is 8.80. The Labute approximate surface area is 171 Å². The highest BCUT2D eigenvalue weighted by Gasteiger charge is 2.67. The van der Waals surface area contributed by atoms with E-state index in [2.05, 4.69) is 32.0 Å². The first-order chi connectivity index (χ1) is 14.0. The second kappa shape index (κ2) is 6.96. The second-order valence-corrected chi connectivity index (χ2v) is 8.80. The van der Waals surface area contributed by atoms with Gasteiger partial charge in [-0.25, -0.2) is 0 Å². The minimum atomic E-state index is -0.649. The van der Waals surface area contributed by atoms with Crippen LogP contribution in [0.5, 0.6) is 0 Å². The number of carbonyl (C=O) groups is 2. The topological polar surface area (TPSA) is 59.1 Å². The van der Waals surface area contributed by atoms with Crippen LogP contribution in [0.2, 0.25) is 0 Å². The first-order valence-electron chi connectivity index (χ1n) is 10.6. The molecule has 2 amide bonds. The number of fused-ring (bicyclic) bond motifs is 1. The van der Waals surface area contributed by atoms with Crippen LogP contribution in [0.15, 0.2) is 30.4 Å². The van der Waals surface area contributed by atoms with E-state index in [4.69, 9.17) is 9.47 Å². The summed E-state index contributed by atoms with van der Waals surface area (Å²) in [5.74, 6) is -0.756. The quantitative estimate of drug-likeness (QED) is 0.732. The highest BCUT2D eigenvalue weighted by atomic mass is 16.5. The lowest BCUT2D eigenvalue weighted by Crippen LogP contribution is -2.46. The van der Waals surface area contributed by atoms with Gasteiger partial charge in [0.2, 0.25) is 11.8 Å². The Bertz CT molecular complexity index is 874. The zero-order valence-corrected chi connectivity index (χ0v) is 17.1. The van der Waals surface area contributed by atoms with E-state index in [0.717, 1.165) is 12.0 Å². The van der Waals surface area contributed by atoms with Gasteiger partial charge in [0.25, 0.3) is 0 Å². The third kappa shape index (κ3) is 3.01. The van der Waals surface area contributed by atoms with Crippen molar-refractivity contribution in [2.24, 2.45) is 11.8 Å². The highest BCUT2D eigenvalue weighted by molar-refractivity contribution is 5.93. The number of rotatable bonds is 3.